The Labute approximate surface area is 127 Å². The van der Waals surface area contributed by atoms with Crippen molar-refractivity contribution in [2.24, 2.45) is 0 Å². The van der Waals surface area contributed by atoms with Gasteiger partial charge >= 0.3 is 0 Å². The van der Waals surface area contributed by atoms with Gasteiger partial charge in [0.15, 0.2) is 0 Å². The number of hydrogen-bond donors (Lipinski definition) is 0. The summed E-state index contributed by atoms with van der Waals surface area (Å²) in [5, 5.41) is 1.28. The van der Waals surface area contributed by atoms with Crippen molar-refractivity contribution in [3.8, 4) is 0 Å². The molecule has 2 rings (SSSR count). The molecule has 21 heavy (non-hydrogen) atoms. The van der Waals surface area contributed by atoms with Crippen LogP contribution in [0, 0.1) is 0 Å². The molecule has 0 aliphatic rings. The fourth-order valence-electron chi connectivity index (χ4n) is 2.99. The number of rotatable bonds is 8. The van der Waals surface area contributed by atoms with Gasteiger partial charge in [0.1, 0.15) is 6.29 Å². The van der Waals surface area contributed by atoms with Crippen molar-refractivity contribution in [3.63, 3.8) is 0 Å². The number of carbonyl (C=O) groups excluding carboxylic acids is 1. The van der Waals surface area contributed by atoms with Gasteiger partial charge in [0, 0.05) is 36.6 Å². The van der Waals surface area contributed by atoms with Crippen molar-refractivity contribution in [1.29, 1.82) is 0 Å². The Morgan fingerprint density at radius 3 is 2.71 bits per heavy atom. The van der Waals surface area contributed by atoms with Crippen LogP contribution in [0.2, 0.25) is 0 Å². The highest BCUT2D eigenvalue weighted by atomic mass is 16.1. The number of para-hydroxylation sites is 1. The lowest BCUT2D eigenvalue weighted by atomic mass is 10.1. The summed E-state index contributed by atoms with van der Waals surface area (Å²) in [5.41, 5.74) is 2.59. The summed E-state index contributed by atoms with van der Waals surface area (Å²) in [6, 6.07) is 11.1. The molecular weight excluding hydrogens is 260 g/mol. The van der Waals surface area contributed by atoms with Crippen molar-refractivity contribution < 1.29 is 4.79 Å². The summed E-state index contributed by atoms with van der Waals surface area (Å²) in [5.74, 6) is 0. The SMILES string of the molecule is CCCC(CC=O)n1c(CCN(C)C)cc2ccccc21. The molecule has 0 aliphatic heterocycles. The lowest BCUT2D eigenvalue weighted by molar-refractivity contribution is -0.108. The molecule has 3 nitrogen and oxygen atoms in total. The van der Waals surface area contributed by atoms with E-state index in [2.05, 4.69) is 60.8 Å². The largest absolute Gasteiger partial charge is 0.341 e. The molecule has 0 spiro atoms. The van der Waals surface area contributed by atoms with Crippen LogP contribution >= 0.6 is 0 Å². The Bertz CT molecular complexity index is 586. The quantitative estimate of drug-likeness (QED) is 0.692. The summed E-state index contributed by atoms with van der Waals surface area (Å²) in [4.78, 5) is 13.3. The van der Waals surface area contributed by atoms with Crippen LogP contribution in [0.5, 0.6) is 0 Å². The number of hydrogen-bond acceptors (Lipinski definition) is 2. The zero-order valence-electron chi connectivity index (χ0n) is 13.4. The fraction of sp³-hybridized carbons (Fsp3) is 0.500. The van der Waals surface area contributed by atoms with Crippen molar-refractivity contribution >= 4 is 17.2 Å². The first-order valence-electron chi connectivity index (χ1n) is 7.84. The second-order valence-corrected chi connectivity index (χ2v) is 5.96. The third-order valence-corrected chi connectivity index (χ3v) is 4.00. The fourth-order valence-corrected chi connectivity index (χ4v) is 2.99. The van der Waals surface area contributed by atoms with Crippen LogP contribution in [0.25, 0.3) is 10.9 Å². The van der Waals surface area contributed by atoms with Crippen LogP contribution in [0.4, 0.5) is 0 Å². The van der Waals surface area contributed by atoms with Crippen LogP contribution in [-0.2, 0) is 11.2 Å². The van der Waals surface area contributed by atoms with Gasteiger partial charge in [0.2, 0.25) is 0 Å². The van der Waals surface area contributed by atoms with Crippen molar-refractivity contribution in [2.45, 2.75) is 38.6 Å². The van der Waals surface area contributed by atoms with E-state index in [1.807, 2.05) is 0 Å². The second kappa shape index (κ2) is 7.41. The molecule has 1 aromatic heterocycles. The average molecular weight is 286 g/mol. The van der Waals surface area contributed by atoms with E-state index in [0.717, 1.165) is 32.1 Å². The molecule has 1 atom stereocenters. The van der Waals surface area contributed by atoms with E-state index in [9.17, 15) is 4.79 Å². The first-order chi connectivity index (χ1) is 10.2. The molecule has 1 unspecified atom stereocenters. The number of aromatic nitrogens is 1. The van der Waals surface area contributed by atoms with Crippen LogP contribution < -0.4 is 0 Å². The van der Waals surface area contributed by atoms with Gasteiger partial charge in [-0.3, -0.25) is 0 Å². The van der Waals surface area contributed by atoms with Gasteiger partial charge in [0.05, 0.1) is 0 Å². The highest BCUT2D eigenvalue weighted by Crippen LogP contribution is 2.28. The average Bonchev–Trinajstić information content (AvgIpc) is 2.83. The molecule has 0 N–H and O–H groups in total. The third kappa shape index (κ3) is 3.73. The lowest BCUT2D eigenvalue weighted by Gasteiger charge is -2.21. The predicted molar refractivity (Wildman–Crippen MR) is 88.8 cm³/mol. The maximum Gasteiger partial charge on any atom is 0.122 e. The second-order valence-electron chi connectivity index (χ2n) is 5.96. The molecule has 0 amide bonds. The number of carbonyl (C=O) groups is 1. The van der Waals surface area contributed by atoms with Crippen molar-refractivity contribution in [3.05, 3.63) is 36.0 Å². The van der Waals surface area contributed by atoms with Gasteiger partial charge in [-0.25, -0.2) is 0 Å². The summed E-state index contributed by atoms with van der Waals surface area (Å²) in [6.45, 7) is 3.21. The maximum absolute atomic E-state index is 11.1. The van der Waals surface area contributed by atoms with E-state index in [1.165, 1.54) is 16.6 Å². The van der Waals surface area contributed by atoms with Crippen LogP contribution in [0.1, 0.15) is 37.9 Å². The highest BCUT2D eigenvalue weighted by molar-refractivity contribution is 5.81. The summed E-state index contributed by atoms with van der Waals surface area (Å²) < 4.78 is 2.40. The molecule has 3 heteroatoms. The molecule has 0 radical (unpaired) electrons. The number of nitrogens with zero attached hydrogens (tertiary/aromatic N) is 2. The molecule has 0 aliphatic carbocycles. The number of benzene rings is 1. The van der Waals surface area contributed by atoms with E-state index in [1.54, 1.807) is 0 Å². The summed E-state index contributed by atoms with van der Waals surface area (Å²) in [6.07, 6.45) is 4.82. The Balaban J connectivity index is 2.44. The van der Waals surface area contributed by atoms with E-state index in [-0.39, 0.29) is 6.04 Å². The van der Waals surface area contributed by atoms with Crippen LogP contribution in [0.15, 0.2) is 30.3 Å². The molecule has 1 aromatic carbocycles. The number of aldehydes is 1. The van der Waals surface area contributed by atoms with Crippen molar-refractivity contribution in [2.75, 3.05) is 20.6 Å². The topological polar surface area (TPSA) is 25.2 Å². The molecule has 0 saturated carbocycles. The van der Waals surface area contributed by atoms with Gasteiger partial charge < -0.3 is 14.3 Å². The number of likely N-dealkylation sites (N-methyl/N-ethyl adjacent to an activating group) is 1. The van der Waals surface area contributed by atoms with Crippen LogP contribution in [0.3, 0.4) is 0 Å². The van der Waals surface area contributed by atoms with Gasteiger partial charge in [-0.2, -0.15) is 0 Å². The van der Waals surface area contributed by atoms with Gasteiger partial charge in [-0.15, -0.1) is 0 Å². The molecule has 1 heterocycles. The zero-order valence-corrected chi connectivity index (χ0v) is 13.4. The highest BCUT2D eigenvalue weighted by Gasteiger charge is 2.16. The Morgan fingerprint density at radius 2 is 2.05 bits per heavy atom. The molecule has 0 saturated heterocycles. The summed E-state index contributed by atoms with van der Waals surface area (Å²) in [7, 11) is 4.20. The Kier molecular flexibility index (Phi) is 5.57. The minimum Gasteiger partial charge on any atom is -0.341 e. The van der Waals surface area contributed by atoms with E-state index in [0.29, 0.717) is 6.42 Å². The molecule has 2 aromatic rings. The smallest absolute Gasteiger partial charge is 0.122 e. The standard InChI is InChI=1S/C18H26N2O/c1-4-7-16(11-13-21)20-17(10-12-19(2)3)14-15-8-5-6-9-18(15)20/h5-6,8-9,13-14,16H,4,7,10-12H2,1-3H3. The van der Waals surface area contributed by atoms with Gasteiger partial charge in [0.25, 0.3) is 0 Å². The Hall–Kier alpha value is -1.61. The normalized spacial score (nSPS) is 13.0. The maximum atomic E-state index is 11.1. The van der Waals surface area contributed by atoms with E-state index >= 15 is 0 Å². The van der Waals surface area contributed by atoms with Gasteiger partial charge in [-0.1, -0.05) is 31.5 Å². The van der Waals surface area contributed by atoms with E-state index in [4.69, 9.17) is 0 Å². The minimum atomic E-state index is 0.282. The summed E-state index contributed by atoms with van der Waals surface area (Å²) >= 11 is 0. The lowest BCUT2D eigenvalue weighted by Crippen LogP contribution is -2.19. The van der Waals surface area contributed by atoms with Crippen LogP contribution in [-0.4, -0.2) is 36.4 Å². The van der Waals surface area contributed by atoms with E-state index < -0.39 is 0 Å². The number of fused-ring (bicyclic) bond motifs is 1. The minimum absolute atomic E-state index is 0.282. The third-order valence-electron chi connectivity index (χ3n) is 4.00. The molecule has 0 fully saturated rings. The zero-order chi connectivity index (χ0) is 15.2. The molecule has 0 bridgehead atoms. The van der Waals surface area contributed by atoms with Crippen molar-refractivity contribution in [1.82, 2.24) is 9.47 Å². The first kappa shape index (κ1) is 15.8. The monoisotopic (exact) mass is 286 g/mol. The molecular formula is C18H26N2O. The molecule has 114 valence electrons. The Morgan fingerprint density at radius 1 is 1.29 bits per heavy atom. The van der Waals surface area contributed by atoms with Gasteiger partial charge in [-0.05, 0) is 38.0 Å². The first-order valence-corrected chi connectivity index (χ1v) is 7.84. The predicted octanol–water partition coefficient (Wildman–Crippen LogP) is 3.68.